The fraction of sp³-hybridized carbons (Fsp3) is 0.600. The van der Waals surface area contributed by atoms with E-state index in [1.807, 2.05) is 6.07 Å². The smallest absolute Gasteiger partial charge is 0.258 e. The molecule has 20 heavy (non-hydrogen) atoms. The fourth-order valence-corrected chi connectivity index (χ4v) is 2.32. The molecular weight excluding hydrogens is 256 g/mol. The van der Waals surface area contributed by atoms with Crippen molar-refractivity contribution in [1.82, 2.24) is 10.3 Å². The van der Waals surface area contributed by atoms with Crippen LogP contribution in [0.2, 0.25) is 0 Å². The van der Waals surface area contributed by atoms with Crippen LogP contribution in [0.1, 0.15) is 37.9 Å². The molecule has 5 heteroatoms. The third kappa shape index (κ3) is 3.70. The summed E-state index contributed by atoms with van der Waals surface area (Å²) in [5, 5.41) is 11.8. The number of amides is 1. The van der Waals surface area contributed by atoms with Crippen LogP contribution >= 0.6 is 0 Å². The standard InChI is InChI=1S/C15H22N2O3/c1-15(2,10-18)17-14(19)9-20-13-7-8-16-12-6-4-3-5-11(12)13/h7-8,18H,3-6,9-10H2,1-2H3,(H,17,19). The van der Waals surface area contributed by atoms with Crippen molar-refractivity contribution in [3.8, 4) is 5.75 Å². The van der Waals surface area contributed by atoms with Gasteiger partial charge < -0.3 is 15.2 Å². The minimum Gasteiger partial charge on any atom is -0.483 e. The van der Waals surface area contributed by atoms with Crippen LogP contribution in [0.15, 0.2) is 12.3 Å². The number of carbonyl (C=O) groups is 1. The molecule has 110 valence electrons. The summed E-state index contributed by atoms with van der Waals surface area (Å²) in [6, 6.07) is 1.81. The third-order valence-corrected chi connectivity index (χ3v) is 3.42. The number of nitrogens with one attached hydrogen (secondary N) is 1. The van der Waals surface area contributed by atoms with Gasteiger partial charge in [-0.2, -0.15) is 0 Å². The average Bonchev–Trinajstić information content (AvgIpc) is 2.44. The molecule has 0 spiro atoms. The number of pyridine rings is 1. The van der Waals surface area contributed by atoms with Crippen molar-refractivity contribution in [3.05, 3.63) is 23.5 Å². The van der Waals surface area contributed by atoms with E-state index in [1.54, 1.807) is 20.0 Å². The number of rotatable bonds is 5. The Balaban J connectivity index is 1.96. The zero-order valence-electron chi connectivity index (χ0n) is 12.1. The van der Waals surface area contributed by atoms with Crippen LogP contribution in [-0.4, -0.2) is 34.8 Å². The van der Waals surface area contributed by atoms with Crippen molar-refractivity contribution < 1.29 is 14.6 Å². The first-order chi connectivity index (χ1) is 9.52. The monoisotopic (exact) mass is 278 g/mol. The number of nitrogens with zero attached hydrogens (tertiary/aromatic N) is 1. The van der Waals surface area contributed by atoms with Crippen molar-refractivity contribution in [2.75, 3.05) is 13.2 Å². The highest BCUT2D eigenvalue weighted by Crippen LogP contribution is 2.27. The number of aliphatic hydroxyl groups excluding tert-OH is 1. The van der Waals surface area contributed by atoms with Gasteiger partial charge in [0.25, 0.3) is 5.91 Å². The van der Waals surface area contributed by atoms with Gasteiger partial charge in [0, 0.05) is 17.5 Å². The second-order valence-corrected chi connectivity index (χ2v) is 5.82. The molecule has 0 saturated heterocycles. The highest BCUT2D eigenvalue weighted by Gasteiger charge is 2.20. The quantitative estimate of drug-likeness (QED) is 0.849. The van der Waals surface area contributed by atoms with Crippen LogP contribution in [0.4, 0.5) is 0 Å². The Hall–Kier alpha value is -1.62. The highest BCUT2D eigenvalue weighted by molar-refractivity contribution is 5.78. The van der Waals surface area contributed by atoms with E-state index in [0.717, 1.165) is 42.7 Å². The Morgan fingerprint density at radius 3 is 2.95 bits per heavy atom. The molecule has 2 N–H and O–H groups in total. The van der Waals surface area contributed by atoms with Crippen molar-refractivity contribution in [2.24, 2.45) is 0 Å². The third-order valence-electron chi connectivity index (χ3n) is 3.42. The number of carbonyl (C=O) groups excluding carboxylic acids is 1. The van der Waals surface area contributed by atoms with E-state index in [-0.39, 0.29) is 19.1 Å². The predicted molar refractivity (Wildman–Crippen MR) is 75.7 cm³/mol. The molecule has 0 radical (unpaired) electrons. The lowest BCUT2D eigenvalue weighted by atomic mass is 9.95. The van der Waals surface area contributed by atoms with Gasteiger partial charge in [-0.3, -0.25) is 9.78 Å². The van der Waals surface area contributed by atoms with Gasteiger partial charge in [0.05, 0.1) is 12.1 Å². The SMILES string of the molecule is CC(C)(CO)NC(=O)COc1ccnc2c1CCCC2. The molecule has 0 bridgehead atoms. The summed E-state index contributed by atoms with van der Waals surface area (Å²) in [6.07, 6.45) is 5.97. The van der Waals surface area contributed by atoms with Crippen LogP contribution < -0.4 is 10.1 Å². The van der Waals surface area contributed by atoms with E-state index in [4.69, 9.17) is 9.84 Å². The summed E-state index contributed by atoms with van der Waals surface area (Å²) in [6.45, 7) is 3.38. The van der Waals surface area contributed by atoms with Crippen molar-refractivity contribution in [3.63, 3.8) is 0 Å². The molecule has 5 nitrogen and oxygen atoms in total. The molecule has 1 heterocycles. The van der Waals surface area contributed by atoms with Crippen molar-refractivity contribution >= 4 is 5.91 Å². The Morgan fingerprint density at radius 2 is 2.20 bits per heavy atom. The zero-order valence-corrected chi connectivity index (χ0v) is 12.1. The topological polar surface area (TPSA) is 71.5 Å². The van der Waals surface area contributed by atoms with Gasteiger partial charge in [0.1, 0.15) is 5.75 Å². The molecule has 0 saturated carbocycles. The molecule has 0 aromatic carbocycles. The predicted octanol–water partition coefficient (Wildman–Crippen LogP) is 1.23. The Labute approximate surface area is 119 Å². The minimum absolute atomic E-state index is 0.0418. The van der Waals surface area contributed by atoms with Gasteiger partial charge in [-0.15, -0.1) is 0 Å². The van der Waals surface area contributed by atoms with E-state index in [0.29, 0.717) is 0 Å². The average molecular weight is 278 g/mol. The Kier molecular flexibility index (Phi) is 4.60. The fourth-order valence-electron chi connectivity index (χ4n) is 2.32. The summed E-state index contributed by atoms with van der Waals surface area (Å²) >= 11 is 0. The summed E-state index contributed by atoms with van der Waals surface area (Å²) in [4.78, 5) is 16.2. The lowest BCUT2D eigenvalue weighted by Crippen LogP contribution is -2.48. The maximum absolute atomic E-state index is 11.8. The van der Waals surface area contributed by atoms with Crippen LogP contribution in [0, 0.1) is 0 Å². The summed E-state index contributed by atoms with van der Waals surface area (Å²) in [5.41, 5.74) is 1.59. The van der Waals surface area contributed by atoms with Gasteiger partial charge in [-0.05, 0) is 45.6 Å². The summed E-state index contributed by atoms with van der Waals surface area (Å²) in [5.74, 6) is 0.525. The van der Waals surface area contributed by atoms with E-state index in [2.05, 4.69) is 10.3 Å². The number of aromatic nitrogens is 1. The molecule has 0 aliphatic heterocycles. The number of fused-ring (bicyclic) bond motifs is 1. The largest absolute Gasteiger partial charge is 0.483 e. The normalized spacial score (nSPS) is 14.6. The van der Waals surface area contributed by atoms with Crippen LogP contribution in [-0.2, 0) is 17.6 Å². The minimum atomic E-state index is -0.627. The van der Waals surface area contributed by atoms with E-state index in [9.17, 15) is 4.79 Å². The van der Waals surface area contributed by atoms with Gasteiger partial charge in [0.15, 0.2) is 6.61 Å². The van der Waals surface area contributed by atoms with E-state index >= 15 is 0 Å². The lowest BCUT2D eigenvalue weighted by Gasteiger charge is -2.24. The molecule has 1 amide bonds. The maximum Gasteiger partial charge on any atom is 0.258 e. The molecule has 0 unspecified atom stereocenters. The zero-order chi connectivity index (χ0) is 14.6. The number of hydrogen-bond donors (Lipinski definition) is 2. The number of aryl methyl sites for hydroxylation is 1. The van der Waals surface area contributed by atoms with E-state index in [1.165, 1.54) is 0 Å². The molecule has 2 rings (SSSR count). The Bertz CT molecular complexity index is 486. The summed E-state index contributed by atoms with van der Waals surface area (Å²) < 4.78 is 5.62. The van der Waals surface area contributed by atoms with Crippen LogP contribution in [0.25, 0.3) is 0 Å². The summed E-state index contributed by atoms with van der Waals surface area (Å²) in [7, 11) is 0. The Morgan fingerprint density at radius 1 is 1.45 bits per heavy atom. The van der Waals surface area contributed by atoms with Crippen LogP contribution in [0.3, 0.4) is 0 Å². The van der Waals surface area contributed by atoms with Gasteiger partial charge in [-0.25, -0.2) is 0 Å². The van der Waals surface area contributed by atoms with E-state index < -0.39 is 5.54 Å². The molecule has 0 fully saturated rings. The van der Waals surface area contributed by atoms with Gasteiger partial charge >= 0.3 is 0 Å². The molecule has 0 atom stereocenters. The molecule has 1 aromatic rings. The van der Waals surface area contributed by atoms with Gasteiger partial charge in [0.2, 0.25) is 0 Å². The van der Waals surface area contributed by atoms with Crippen LogP contribution in [0.5, 0.6) is 5.75 Å². The number of aliphatic hydroxyl groups is 1. The first kappa shape index (κ1) is 14.8. The molecule has 1 aromatic heterocycles. The number of hydrogen-bond acceptors (Lipinski definition) is 4. The van der Waals surface area contributed by atoms with Crippen molar-refractivity contribution in [2.45, 2.75) is 45.1 Å². The first-order valence-corrected chi connectivity index (χ1v) is 7.03. The second-order valence-electron chi connectivity index (χ2n) is 5.82. The highest BCUT2D eigenvalue weighted by atomic mass is 16.5. The second kappa shape index (κ2) is 6.22. The van der Waals surface area contributed by atoms with Gasteiger partial charge in [-0.1, -0.05) is 0 Å². The molecule has 1 aliphatic carbocycles. The first-order valence-electron chi connectivity index (χ1n) is 7.03. The van der Waals surface area contributed by atoms with Crippen molar-refractivity contribution in [1.29, 1.82) is 0 Å². The maximum atomic E-state index is 11.8. The molecular formula is C15H22N2O3. The number of ether oxygens (including phenoxy) is 1. The lowest BCUT2D eigenvalue weighted by molar-refractivity contribution is -0.125. The molecule has 1 aliphatic rings.